The topological polar surface area (TPSA) is 65.0 Å². The van der Waals surface area contributed by atoms with Gasteiger partial charge < -0.3 is 19.3 Å². The number of hydrogen-bond donors (Lipinski definition) is 1. The zero-order valence-electron chi connectivity index (χ0n) is 18.3. The Balaban J connectivity index is 1.51. The van der Waals surface area contributed by atoms with Gasteiger partial charge in [0.25, 0.3) is 0 Å². The molecular formula is C24H32F2O5. The van der Waals surface area contributed by atoms with Crippen LogP contribution in [0.1, 0.15) is 58.3 Å². The van der Waals surface area contributed by atoms with Crippen LogP contribution in [0.3, 0.4) is 0 Å². The van der Waals surface area contributed by atoms with Gasteiger partial charge in [0.15, 0.2) is 5.79 Å². The molecule has 1 N–H and O–H groups in total. The maximum Gasteiger partial charge on any atom is 0.371 e. The Kier molecular flexibility index (Phi) is 5.02. The van der Waals surface area contributed by atoms with Crippen LogP contribution in [0, 0.1) is 28.6 Å². The number of carboxylic acid groups (broad SMARTS) is 1. The van der Waals surface area contributed by atoms with Crippen molar-refractivity contribution in [3.63, 3.8) is 0 Å². The molecule has 0 bridgehead atoms. The summed E-state index contributed by atoms with van der Waals surface area (Å²) in [5, 5.41) is 9.62. The Bertz CT molecular complexity index is 830. The molecule has 0 aromatic heterocycles. The fraction of sp³-hybridized carbons (Fsp3) is 0.792. The summed E-state index contributed by atoms with van der Waals surface area (Å²) in [6, 6.07) is 0. The number of ether oxygens (including phenoxy) is 3. The van der Waals surface area contributed by atoms with E-state index in [0.29, 0.717) is 45.3 Å². The van der Waals surface area contributed by atoms with Gasteiger partial charge in [-0.3, -0.25) is 0 Å². The van der Waals surface area contributed by atoms with Crippen molar-refractivity contribution in [1.29, 1.82) is 0 Å². The number of alkyl halides is 2. The summed E-state index contributed by atoms with van der Waals surface area (Å²) >= 11 is 0. The van der Waals surface area contributed by atoms with Gasteiger partial charge in [-0.15, -0.1) is 0 Å². The molecule has 0 radical (unpaired) electrons. The van der Waals surface area contributed by atoms with E-state index in [4.69, 9.17) is 14.2 Å². The van der Waals surface area contributed by atoms with E-state index in [-0.39, 0.29) is 28.9 Å². The maximum atomic E-state index is 14.9. The van der Waals surface area contributed by atoms with Gasteiger partial charge in [-0.1, -0.05) is 18.6 Å². The van der Waals surface area contributed by atoms with Crippen LogP contribution in [0.15, 0.2) is 23.0 Å². The normalized spacial score (nSPS) is 42.6. The fourth-order valence-electron chi connectivity index (χ4n) is 8.00. The lowest BCUT2D eigenvalue weighted by Gasteiger charge is -2.58. The molecule has 5 rings (SSSR count). The molecule has 7 heteroatoms. The Morgan fingerprint density at radius 2 is 1.94 bits per heavy atom. The molecule has 4 fully saturated rings. The number of carbonyl (C=O) groups is 1. The fourth-order valence-corrected chi connectivity index (χ4v) is 8.00. The summed E-state index contributed by atoms with van der Waals surface area (Å²) in [7, 11) is 1.41. The lowest BCUT2D eigenvalue weighted by molar-refractivity contribution is -0.201. The van der Waals surface area contributed by atoms with Gasteiger partial charge in [0.05, 0.1) is 25.7 Å². The number of halogens is 2. The van der Waals surface area contributed by atoms with E-state index in [9.17, 15) is 18.7 Å². The first-order valence-electron chi connectivity index (χ1n) is 11.5. The molecule has 5 aliphatic rings. The smallest absolute Gasteiger partial charge is 0.371 e. The van der Waals surface area contributed by atoms with Crippen LogP contribution in [0.5, 0.6) is 0 Å². The predicted molar refractivity (Wildman–Crippen MR) is 108 cm³/mol. The third kappa shape index (κ3) is 2.88. The van der Waals surface area contributed by atoms with Gasteiger partial charge in [-0.2, -0.15) is 0 Å². The van der Waals surface area contributed by atoms with Crippen LogP contribution >= 0.6 is 0 Å². The number of fused-ring (bicyclic) bond motifs is 5. The summed E-state index contributed by atoms with van der Waals surface area (Å²) in [4.78, 5) is 11.8. The van der Waals surface area contributed by atoms with Crippen molar-refractivity contribution in [3.8, 4) is 0 Å². The van der Waals surface area contributed by atoms with Crippen LogP contribution in [-0.2, 0) is 19.0 Å². The molecule has 31 heavy (non-hydrogen) atoms. The summed E-state index contributed by atoms with van der Waals surface area (Å²) in [6.45, 7) is 3.19. The number of methoxy groups -OCH3 is 1. The first-order chi connectivity index (χ1) is 14.8. The molecule has 0 amide bonds. The summed E-state index contributed by atoms with van der Waals surface area (Å²) in [5.74, 6) is -1.44. The molecule has 4 aliphatic carbocycles. The first-order valence-corrected chi connectivity index (χ1v) is 11.5. The molecule has 0 aromatic carbocycles. The van der Waals surface area contributed by atoms with Crippen LogP contribution in [0.2, 0.25) is 0 Å². The number of carboxylic acids is 1. The Hall–Kier alpha value is -1.47. The quantitative estimate of drug-likeness (QED) is 0.385. The zero-order chi connectivity index (χ0) is 22.0. The second kappa shape index (κ2) is 7.27. The molecule has 0 unspecified atom stereocenters. The third-order valence-electron chi connectivity index (χ3n) is 9.37. The van der Waals surface area contributed by atoms with Crippen LogP contribution in [0.4, 0.5) is 8.78 Å². The molecular weight excluding hydrogens is 406 g/mol. The molecule has 5 nitrogen and oxygen atoms in total. The largest absolute Gasteiger partial charge is 0.490 e. The van der Waals surface area contributed by atoms with E-state index in [1.165, 1.54) is 7.11 Å². The van der Waals surface area contributed by atoms with Crippen molar-refractivity contribution in [2.24, 2.45) is 28.6 Å². The minimum Gasteiger partial charge on any atom is -0.490 e. The van der Waals surface area contributed by atoms with Crippen molar-refractivity contribution in [2.75, 3.05) is 20.3 Å². The van der Waals surface area contributed by atoms with Crippen LogP contribution in [-0.4, -0.2) is 43.6 Å². The summed E-state index contributed by atoms with van der Waals surface area (Å²) in [6.07, 6.45) is 4.69. The first kappa shape index (κ1) is 21.4. The SMILES string of the molecule is COC(C(=O)O)=C1CC[C@H]2[C@@H]3CC=C4CC5(CC[C@]4(C(F)F)[C@H]3CC[C@]12C)OCCO5. The van der Waals surface area contributed by atoms with Gasteiger partial charge in [-0.05, 0) is 67.3 Å². The van der Waals surface area contributed by atoms with Crippen molar-refractivity contribution in [3.05, 3.63) is 23.0 Å². The third-order valence-corrected chi connectivity index (χ3v) is 9.37. The van der Waals surface area contributed by atoms with E-state index in [1.807, 2.05) is 0 Å². The lowest BCUT2D eigenvalue weighted by Crippen LogP contribution is -2.55. The minimum absolute atomic E-state index is 0.0502. The molecule has 3 saturated carbocycles. The van der Waals surface area contributed by atoms with Crippen molar-refractivity contribution in [1.82, 2.24) is 0 Å². The van der Waals surface area contributed by atoms with Crippen LogP contribution < -0.4 is 0 Å². The van der Waals surface area contributed by atoms with Gasteiger partial charge in [0.2, 0.25) is 12.2 Å². The van der Waals surface area contributed by atoms with Crippen LogP contribution in [0.25, 0.3) is 0 Å². The van der Waals surface area contributed by atoms with Gasteiger partial charge >= 0.3 is 5.97 Å². The van der Waals surface area contributed by atoms with Gasteiger partial charge in [-0.25, -0.2) is 13.6 Å². The average Bonchev–Trinajstić information content (AvgIpc) is 3.32. The number of allylic oxidation sites excluding steroid dienone is 2. The second-order valence-electron chi connectivity index (χ2n) is 10.3. The average molecular weight is 439 g/mol. The zero-order valence-corrected chi connectivity index (χ0v) is 18.3. The van der Waals surface area contributed by atoms with E-state index in [0.717, 1.165) is 30.4 Å². The number of rotatable bonds is 3. The van der Waals surface area contributed by atoms with Crippen molar-refractivity contribution < 1.29 is 32.9 Å². The van der Waals surface area contributed by atoms with E-state index in [1.54, 1.807) is 0 Å². The Morgan fingerprint density at radius 1 is 1.19 bits per heavy atom. The van der Waals surface area contributed by atoms with Crippen molar-refractivity contribution >= 4 is 5.97 Å². The highest BCUT2D eigenvalue weighted by Gasteiger charge is 2.64. The van der Waals surface area contributed by atoms with Crippen molar-refractivity contribution in [2.45, 2.75) is 70.5 Å². The van der Waals surface area contributed by atoms with E-state index < -0.39 is 23.6 Å². The predicted octanol–water partition coefficient (Wildman–Crippen LogP) is 4.92. The molecule has 1 spiro atoms. The monoisotopic (exact) mass is 438 g/mol. The molecule has 1 heterocycles. The number of hydrogen-bond acceptors (Lipinski definition) is 4. The minimum atomic E-state index is -2.42. The molecule has 172 valence electrons. The highest BCUT2D eigenvalue weighted by Crippen LogP contribution is 2.68. The summed E-state index contributed by atoms with van der Waals surface area (Å²) in [5.41, 5.74) is 0.293. The highest BCUT2D eigenvalue weighted by molar-refractivity contribution is 5.85. The molecule has 5 atom stereocenters. The molecule has 0 aromatic rings. The highest BCUT2D eigenvalue weighted by atomic mass is 19.3. The molecule has 1 saturated heterocycles. The molecule has 1 aliphatic heterocycles. The Labute approximate surface area is 181 Å². The Morgan fingerprint density at radius 3 is 2.58 bits per heavy atom. The lowest BCUT2D eigenvalue weighted by atomic mass is 9.47. The number of aliphatic carboxylic acids is 1. The summed E-state index contributed by atoms with van der Waals surface area (Å²) < 4.78 is 46.7. The standard InChI is InChI=1S/C24H32F2O5/c1-22-8-7-17-15(16(22)5-6-18(22)19(29-2)20(27)28)4-3-14-13-23(30-11-12-31-23)9-10-24(14,17)21(25)26/h3,15-17,21H,4-13H2,1-2H3,(H,27,28)/t15-,16-,17-,22-,24+/m0/s1. The van der Waals surface area contributed by atoms with Gasteiger partial charge in [0.1, 0.15) is 0 Å². The van der Waals surface area contributed by atoms with E-state index in [2.05, 4.69) is 13.0 Å². The van der Waals surface area contributed by atoms with E-state index >= 15 is 0 Å². The maximum absolute atomic E-state index is 14.9. The van der Waals surface area contributed by atoms with Gasteiger partial charge in [0, 0.05) is 12.8 Å². The second-order valence-corrected chi connectivity index (χ2v) is 10.3.